The Morgan fingerprint density at radius 3 is 2.59 bits per heavy atom. The lowest BCUT2D eigenvalue weighted by Crippen LogP contribution is -2.02. The second-order valence-corrected chi connectivity index (χ2v) is 6.72. The molecule has 0 saturated heterocycles. The predicted octanol–water partition coefficient (Wildman–Crippen LogP) is 5.50. The summed E-state index contributed by atoms with van der Waals surface area (Å²) < 4.78 is 16.7. The molecule has 0 radical (unpaired) electrons. The van der Waals surface area contributed by atoms with Crippen LogP contribution in [0.5, 0.6) is 11.5 Å². The molecule has 4 aromatic rings. The van der Waals surface area contributed by atoms with E-state index in [0.717, 1.165) is 21.9 Å². The van der Waals surface area contributed by atoms with Crippen molar-refractivity contribution in [3.8, 4) is 11.5 Å². The van der Waals surface area contributed by atoms with E-state index in [0.29, 0.717) is 34.1 Å². The fourth-order valence-electron chi connectivity index (χ4n) is 3.16. The smallest absolute Gasteiger partial charge is 0.344 e. The number of hydrogen-bond acceptors (Lipinski definition) is 4. The summed E-state index contributed by atoms with van der Waals surface area (Å²) in [5.41, 5.74) is 1.88. The van der Waals surface area contributed by atoms with Gasteiger partial charge in [0.15, 0.2) is 0 Å². The van der Waals surface area contributed by atoms with Gasteiger partial charge in [-0.15, -0.1) is 0 Å². The molecule has 5 heteroatoms. The van der Waals surface area contributed by atoms with Crippen LogP contribution in [-0.4, -0.2) is 7.11 Å². The molecular formula is C22H17ClO4. The highest BCUT2D eigenvalue weighted by atomic mass is 35.5. The lowest BCUT2D eigenvalue weighted by Gasteiger charge is -2.12. The van der Waals surface area contributed by atoms with E-state index in [-0.39, 0.29) is 0 Å². The largest absolute Gasteiger partial charge is 0.497 e. The quantitative estimate of drug-likeness (QED) is 0.346. The molecule has 136 valence electrons. The second-order valence-electron chi connectivity index (χ2n) is 6.29. The minimum atomic E-state index is -0.397. The van der Waals surface area contributed by atoms with Gasteiger partial charge < -0.3 is 13.9 Å². The van der Waals surface area contributed by atoms with Crippen LogP contribution in [0.1, 0.15) is 11.1 Å². The van der Waals surface area contributed by atoms with E-state index in [9.17, 15) is 4.79 Å². The van der Waals surface area contributed by atoms with Gasteiger partial charge in [0.05, 0.1) is 12.5 Å². The lowest BCUT2D eigenvalue weighted by atomic mass is 10.0. The molecule has 4 rings (SSSR count). The van der Waals surface area contributed by atoms with Gasteiger partial charge in [0.2, 0.25) is 0 Å². The van der Waals surface area contributed by atoms with Crippen LogP contribution in [-0.2, 0) is 6.61 Å². The van der Waals surface area contributed by atoms with Gasteiger partial charge in [-0.2, -0.15) is 0 Å². The van der Waals surface area contributed by atoms with Gasteiger partial charge in [-0.1, -0.05) is 23.7 Å². The molecule has 0 aliphatic rings. The van der Waals surface area contributed by atoms with Crippen molar-refractivity contribution in [2.45, 2.75) is 13.5 Å². The molecule has 1 heterocycles. The van der Waals surface area contributed by atoms with Crippen LogP contribution in [0.3, 0.4) is 0 Å². The Balaban J connectivity index is 1.77. The average Bonchev–Trinajstić information content (AvgIpc) is 2.68. The predicted molar refractivity (Wildman–Crippen MR) is 107 cm³/mol. The number of ether oxygens (including phenoxy) is 2. The van der Waals surface area contributed by atoms with E-state index in [1.807, 2.05) is 55.5 Å². The van der Waals surface area contributed by atoms with E-state index >= 15 is 0 Å². The minimum absolute atomic E-state index is 0.377. The molecule has 0 saturated carbocycles. The Bertz CT molecular complexity index is 1210. The minimum Gasteiger partial charge on any atom is -0.497 e. The van der Waals surface area contributed by atoms with Crippen LogP contribution in [0.25, 0.3) is 21.7 Å². The maximum absolute atomic E-state index is 12.5. The molecule has 0 N–H and O–H groups in total. The molecule has 0 bridgehead atoms. The highest BCUT2D eigenvalue weighted by Crippen LogP contribution is 2.32. The lowest BCUT2D eigenvalue weighted by molar-refractivity contribution is 0.304. The zero-order valence-corrected chi connectivity index (χ0v) is 15.7. The van der Waals surface area contributed by atoms with Gasteiger partial charge in [-0.25, -0.2) is 4.79 Å². The summed E-state index contributed by atoms with van der Waals surface area (Å²) in [5, 5.41) is 2.85. The molecule has 27 heavy (non-hydrogen) atoms. The van der Waals surface area contributed by atoms with E-state index in [4.69, 9.17) is 25.5 Å². The Morgan fingerprint density at radius 1 is 1.00 bits per heavy atom. The van der Waals surface area contributed by atoms with Gasteiger partial charge in [0.1, 0.15) is 23.7 Å². The van der Waals surface area contributed by atoms with E-state index in [1.54, 1.807) is 13.2 Å². The van der Waals surface area contributed by atoms with Crippen LogP contribution in [0.2, 0.25) is 5.02 Å². The number of rotatable bonds is 4. The standard InChI is InChI=1S/C22H17ClO4/c1-13-20(26-12-14-4-3-5-15(23)10-14)9-8-18-17-7-6-16(25-2)11-19(17)22(24)27-21(13)18/h3-11H,12H2,1-2H3. The molecule has 0 amide bonds. The van der Waals surface area contributed by atoms with Gasteiger partial charge in [-0.3, -0.25) is 0 Å². The number of aryl methyl sites for hydroxylation is 1. The highest BCUT2D eigenvalue weighted by Gasteiger charge is 2.13. The van der Waals surface area contributed by atoms with Crippen LogP contribution in [0.4, 0.5) is 0 Å². The van der Waals surface area contributed by atoms with Crippen molar-refractivity contribution in [3.05, 3.63) is 81.2 Å². The maximum atomic E-state index is 12.5. The molecular weight excluding hydrogens is 364 g/mol. The molecule has 0 fully saturated rings. The van der Waals surface area contributed by atoms with Crippen LogP contribution in [0.15, 0.2) is 63.8 Å². The first-order valence-corrected chi connectivity index (χ1v) is 8.86. The van der Waals surface area contributed by atoms with Crippen molar-refractivity contribution in [1.82, 2.24) is 0 Å². The molecule has 4 nitrogen and oxygen atoms in total. The summed E-state index contributed by atoms with van der Waals surface area (Å²) in [4.78, 5) is 12.5. The van der Waals surface area contributed by atoms with Crippen LogP contribution < -0.4 is 15.1 Å². The second kappa shape index (κ2) is 6.97. The molecule has 3 aromatic carbocycles. The Labute approximate surface area is 160 Å². The summed E-state index contributed by atoms with van der Waals surface area (Å²) in [6.07, 6.45) is 0. The van der Waals surface area contributed by atoms with E-state index in [1.165, 1.54) is 0 Å². The highest BCUT2D eigenvalue weighted by molar-refractivity contribution is 6.30. The first-order chi connectivity index (χ1) is 13.1. The number of methoxy groups -OCH3 is 1. The topological polar surface area (TPSA) is 48.7 Å². The Kier molecular flexibility index (Phi) is 4.50. The third-order valence-corrected chi connectivity index (χ3v) is 4.81. The molecule has 0 atom stereocenters. The van der Waals surface area contributed by atoms with Crippen molar-refractivity contribution < 1.29 is 13.9 Å². The number of benzene rings is 3. The Hall–Kier alpha value is -2.98. The number of hydrogen-bond donors (Lipinski definition) is 0. The van der Waals surface area contributed by atoms with Crippen LogP contribution >= 0.6 is 11.6 Å². The summed E-state index contributed by atoms with van der Waals surface area (Å²) in [5.74, 6) is 1.28. The number of fused-ring (bicyclic) bond motifs is 3. The van der Waals surface area contributed by atoms with Gasteiger partial charge >= 0.3 is 5.63 Å². The normalized spacial score (nSPS) is 11.1. The summed E-state index contributed by atoms with van der Waals surface area (Å²) in [6.45, 7) is 2.26. The first-order valence-electron chi connectivity index (χ1n) is 8.48. The fraction of sp³-hybridized carbons (Fsp3) is 0.136. The van der Waals surface area contributed by atoms with Crippen LogP contribution in [0, 0.1) is 6.92 Å². The first kappa shape index (κ1) is 17.4. The average molecular weight is 381 g/mol. The van der Waals surface area contributed by atoms with Crippen molar-refractivity contribution in [3.63, 3.8) is 0 Å². The summed E-state index contributed by atoms with van der Waals surface area (Å²) >= 11 is 6.02. The summed E-state index contributed by atoms with van der Waals surface area (Å²) in [6, 6.07) is 16.7. The molecule has 0 aliphatic carbocycles. The van der Waals surface area contributed by atoms with Gasteiger partial charge in [0.25, 0.3) is 0 Å². The monoisotopic (exact) mass is 380 g/mol. The molecule has 0 unspecified atom stereocenters. The van der Waals surface area contributed by atoms with E-state index in [2.05, 4.69) is 0 Å². The van der Waals surface area contributed by atoms with Gasteiger partial charge in [-0.05, 0) is 55.0 Å². The third kappa shape index (κ3) is 3.24. The fourth-order valence-corrected chi connectivity index (χ4v) is 3.38. The summed E-state index contributed by atoms with van der Waals surface area (Å²) in [7, 11) is 1.57. The van der Waals surface area contributed by atoms with Gasteiger partial charge in [0, 0.05) is 21.4 Å². The molecule has 1 aromatic heterocycles. The third-order valence-electron chi connectivity index (χ3n) is 4.57. The molecule has 0 aliphatic heterocycles. The van der Waals surface area contributed by atoms with Crippen molar-refractivity contribution in [2.75, 3.05) is 7.11 Å². The SMILES string of the molecule is COc1ccc2c(c1)c(=O)oc1c(C)c(OCc3cccc(Cl)c3)ccc12. The Morgan fingerprint density at radius 2 is 1.81 bits per heavy atom. The number of halogens is 1. The van der Waals surface area contributed by atoms with Crippen molar-refractivity contribution in [1.29, 1.82) is 0 Å². The zero-order valence-electron chi connectivity index (χ0n) is 14.9. The maximum Gasteiger partial charge on any atom is 0.344 e. The zero-order chi connectivity index (χ0) is 19.0. The van der Waals surface area contributed by atoms with Crippen molar-refractivity contribution in [2.24, 2.45) is 0 Å². The molecule has 0 spiro atoms. The van der Waals surface area contributed by atoms with E-state index < -0.39 is 5.63 Å². The van der Waals surface area contributed by atoms with Crippen molar-refractivity contribution >= 4 is 33.3 Å².